The van der Waals surface area contributed by atoms with Crippen molar-refractivity contribution < 1.29 is 14.6 Å². The zero-order chi connectivity index (χ0) is 13.8. The highest BCUT2D eigenvalue weighted by Gasteiger charge is 2.66. The number of ether oxygens (including phenoxy) is 1. The summed E-state index contributed by atoms with van der Waals surface area (Å²) in [5.41, 5.74) is 0.00615. The minimum atomic E-state index is -1.07. The average Bonchev–Trinajstić information content (AvgIpc) is 2.73. The molecular weight excluding hydrogens is 240 g/mol. The van der Waals surface area contributed by atoms with Crippen molar-refractivity contribution in [3.05, 3.63) is 48.0 Å². The van der Waals surface area contributed by atoms with Crippen molar-refractivity contribution in [2.75, 3.05) is 0 Å². The summed E-state index contributed by atoms with van der Waals surface area (Å²) in [4.78, 5) is 11.7. The van der Waals surface area contributed by atoms with Crippen molar-refractivity contribution in [3.8, 4) is 0 Å². The molecule has 0 radical (unpaired) electrons. The number of hydrogen-bond donors (Lipinski definition) is 1. The molecule has 3 rings (SSSR count). The molecule has 1 saturated carbocycles. The van der Waals surface area contributed by atoms with Crippen LogP contribution >= 0.6 is 0 Å². The van der Waals surface area contributed by atoms with Crippen LogP contribution in [0.4, 0.5) is 0 Å². The van der Waals surface area contributed by atoms with Gasteiger partial charge in [-0.05, 0) is 25.0 Å². The fourth-order valence-electron chi connectivity index (χ4n) is 3.78. The van der Waals surface area contributed by atoms with Gasteiger partial charge in [-0.3, -0.25) is 4.79 Å². The second kappa shape index (κ2) is 3.70. The minimum Gasteiger partial charge on any atom is -0.458 e. The molecule has 3 heteroatoms. The van der Waals surface area contributed by atoms with Crippen LogP contribution < -0.4 is 0 Å². The third-order valence-corrected chi connectivity index (χ3v) is 4.78. The third-order valence-electron chi connectivity index (χ3n) is 4.78. The van der Waals surface area contributed by atoms with Crippen molar-refractivity contribution in [3.63, 3.8) is 0 Å². The predicted molar refractivity (Wildman–Crippen MR) is 71.6 cm³/mol. The molecule has 1 aliphatic carbocycles. The molecule has 0 bridgehead atoms. The molecule has 1 heterocycles. The standard InChI is InChI=1S/C16H18O3/c1-10-14(11-7-5-4-6-8-11)16(3)12(15(10,2)18)9-13(17)19-16/h4-8,12,14,18H,1,9H2,2-3H3/t12-,14-,15-,16-/m0/s1. The van der Waals surface area contributed by atoms with Gasteiger partial charge in [-0.1, -0.05) is 36.9 Å². The Labute approximate surface area is 112 Å². The lowest BCUT2D eigenvalue weighted by atomic mass is 9.80. The number of aliphatic hydroxyl groups is 1. The fourth-order valence-corrected chi connectivity index (χ4v) is 3.78. The second-order valence-corrected chi connectivity index (χ2v) is 5.93. The first kappa shape index (κ1) is 12.4. The van der Waals surface area contributed by atoms with Gasteiger partial charge in [0.15, 0.2) is 0 Å². The third kappa shape index (κ3) is 1.51. The Morgan fingerprint density at radius 1 is 1.32 bits per heavy atom. The highest BCUT2D eigenvalue weighted by atomic mass is 16.6. The summed E-state index contributed by atoms with van der Waals surface area (Å²) in [5.74, 6) is -0.619. The first-order valence-corrected chi connectivity index (χ1v) is 6.56. The SMILES string of the molecule is C=C1[C@@H](c2ccccc2)[C@@]2(C)OC(=O)C[C@H]2[C@@]1(C)O. The summed E-state index contributed by atoms with van der Waals surface area (Å²) >= 11 is 0. The van der Waals surface area contributed by atoms with Crippen LogP contribution in [0.15, 0.2) is 42.5 Å². The zero-order valence-corrected chi connectivity index (χ0v) is 11.2. The summed E-state index contributed by atoms with van der Waals surface area (Å²) in [6, 6.07) is 9.83. The minimum absolute atomic E-state index is 0.153. The molecule has 100 valence electrons. The van der Waals surface area contributed by atoms with E-state index in [0.29, 0.717) is 0 Å². The van der Waals surface area contributed by atoms with Gasteiger partial charge < -0.3 is 9.84 Å². The smallest absolute Gasteiger partial charge is 0.306 e. The summed E-state index contributed by atoms with van der Waals surface area (Å²) in [7, 11) is 0. The molecule has 19 heavy (non-hydrogen) atoms. The molecule has 1 N–H and O–H groups in total. The van der Waals surface area contributed by atoms with Gasteiger partial charge in [0.25, 0.3) is 0 Å². The van der Waals surface area contributed by atoms with Crippen LogP contribution in [0, 0.1) is 5.92 Å². The van der Waals surface area contributed by atoms with Gasteiger partial charge in [0.2, 0.25) is 0 Å². The van der Waals surface area contributed by atoms with E-state index in [0.717, 1.165) is 11.1 Å². The Kier molecular flexibility index (Phi) is 2.42. The van der Waals surface area contributed by atoms with Gasteiger partial charge in [0.05, 0.1) is 12.0 Å². The van der Waals surface area contributed by atoms with Crippen molar-refractivity contribution in [2.24, 2.45) is 5.92 Å². The normalized spacial score (nSPS) is 41.2. The lowest BCUT2D eigenvalue weighted by molar-refractivity contribution is -0.148. The highest BCUT2D eigenvalue weighted by molar-refractivity contribution is 5.75. The lowest BCUT2D eigenvalue weighted by Crippen LogP contribution is -2.38. The van der Waals surface area contributed by atoms with Crippen molar-refractivity contribution in [2.45, 2.75) is 37.4 Å². The average molecular weight is 258 g/mol. The Morgan fingerprint density at radius 3 is 2.58 bits per heavy atom. The molecule has 0 unspecified atom stereocenters. The van der Waals surface area contributed by atoms with Crippen LogP contribution in [-0.2, 0) is 9.53 Å². The van der Waals surface area contributed by atoms with Crippen molar-refractivity contribution in [1.82, 2.24) is 0 Å². The van der Waals surface area contributed by atoms with Crippen molar-refractivity contribution >= 4 is 5.97 Å². The van der Waals surface area contributed by atoms with Crippen LogP contribution in [0.2, 0.25) is 0 Å². The zero-order valence-electron chi connectivity index (χ0n) is 11.2. The number of fused-ring (bicyclic) bond motifs is 1. The monoisotopic (exact) mass is 258 g/mol. The van der Waals surface area contributed by atoms with E-state index in [1.165, 1.54) is 0 Å². The highest BCUT2D eigenvalue weighted by Crippen LogP contribution is 2.60. The fraction of sp³-hybridized carbons (Fsp3) is 0.438. The van der Waals surface area contributed by atoms with E-state index >= 15 is 0 Å². The number of esters is 1. The number of rotatable bonds is 1. The summed E-state index contributed by atoms with van der Waals surface area (Å²) in [5, 5.41) is 10.7. The molecule has 1 aromatic rings. The van der Waals surface area contributed by atoms with Gasteiger partial charge in [-0.2, -0.15) is 0 Å². The van der Waals surface area contributed by atoms with E-state index in [2.05, 4.69) is 6.58 Å². The lowest BCUT2D eigenvalue weighted by Gasteiger charge is -2.30. The maximum absolute atomic E-state index is 11.7. The van der Waals surface area contributed by atoms with Gasteiger partial charge in [0.1, 0.15) is 5.60 Å². The number of carbonyl (C=O) groups excluding carboxylic acids is 1. The Balaban J connectivity index is 2.14. The molecule has 2 aliphatic rings. The van der Waals surface area contributed by atoms with Crippen LogP contribution in [0.1, 0.15) is 31.7 Å². The van der Waals surface area contributed by atoms with Crippen LogP contribution in [0.5, 0.6) is 0 Å². The van der Waals surface area contributed by atoms with E-state index in [9.17, 15) is 9.90 Å². The number of hydrogen-bond acceptors (Lipinski definition) is 3. The van der Waals surface area contributed by atoms with E-state index < -0.39 is 11.2 Å². The number of carbonyl (C=O) groups is 1. The summed E-state index contributed by atoms with van der Waals surface area (Å²) < 4.78 is 5.59. The maximum Gasteiger partial charge on any atom is 0.306 e. The van der Waals surface area contributed by atoms with Crippen LogP contribution in [-0.4, -0.2) is 22.3 Å². The van der Waals surface area contributed by atoms with E-state index in [1.54, 1.807) is 6.92 Å². The summed E-state index contributed by atoms with van der Waals surface area (Å²) in [6.45, 7) is 7.73. The molecule has 1 aromatic carbocycles. The maximum atomic E-state index is 11.7. The van der Waals surface area contributed by atoms with Crippen molar-refractivity contribution in [1.29, 1.82) is 0 Å². The summed E-state index contributed by atoms with van der Waals surface area (Å²) in [6.07, 6.45) is 0.256. The predicted octanol–water partition coefficient (Wildman–Crippen LogP) is 2.41. The van der Waals surface area contributed by atoms with Gasteiger partial charge >= 0.3 is 5.97 Å². The quantitative estimate of drug-likeness (QED) is 0.621. The molecular formula is C16H18O3. The largest absolute Gasteiger partial charge is 0.458 e. The topological polar surface area (TPSA) is 46.5 Å². The molecule has 3 nitrogen and oxygen atoms in total. The molecule has 4 atom stereocenters. The van der Waals surface area contributed by atoms with E-state index in [1.807, 2.05) is 37.3 Å². The van der Waals surface area contributed by atoms with Gasteiger partial charge in [-0.15, -0.1) is 0 Å². The second-order valence-electron chi connectivity index (χ2n) is 5.93. The van der Waals surface area contributed by atoms with Gasteiger partial charge in [-0.25, -0.2) is 0 Å². The van der Waals surface area contributed by atoms with E-state index in [4.69, 9.17) is 4.74 Å². The molecule has 1 saturated heterocycles. The van der Waals surface area contributed by atoms with Crippen LogP contribution in [0.25, 0.3) is 0 Å². The Hall–Kier alpha value is -1.61. The van der Waals surface area contributed by atoms with Crippen LogP contribution in [0.3, 0.4) is 0 Å². The Morgan fingerprint density at radius 2 is 1.95 bits per heavy atom. The molecule has 0 amide bonds. The first-order valence-electron chi connectivity index (χ1n) is 6.56. The molecule has 1 aliphatic heterocycles. The molecule has 0 spiro atoms. The van der Waals surface area contributed by atoms with E-state index in [-0.39, 0.29) is 24.2 Å². The molecule has 2 fully saturated rings. The number of benzene rings is 1. The first-order chi connectivity index (χ1) is 8.87. The molecule has 0 aromatic heterocycles. The van der Waals surface area contributed by atoms with Gasteiger partial charge in [0, 0.05) is 11.8 Å². The Bertz CT molecular complexity index is 546.